The van der Waals surface area contributed by atoms with Gasteiger partial charge in [0, 0.05) is 44.8 Å². The number of nitriles is 1. The molecule has 0 spiro atoms. The molecule has 0 aromatic heterocycles. The average Bonchev–Trinajstić information content (AvgIpc) is 2.99. The van der Waals surface area contributed by atoms with Gasteiger partial charge in [0.05, 0.1) is 16.9 Å². The molecular weight excluding hydrogens is 546 g/mol. The van der Waals surface area contributed by atoms with E-state index in [9.17, 15) is 18.5 Å². The van der Waals surface area contributed by atoms with Crippen molar-refractivity contribution in [1.82, 2.24) is 4.90 Å². The number of rotatable bonds is 6. The zero-order valence-electron chi connectivity index (χ0n) is 23.7. The highest BCUT2D eigenvalue weighted by molar-refractivity contribution is 7.89. The first-order chi connectivity index (χ1) is 19.7. The molecule has 0 radical (unpaired) electrons. The van der Waals surface area contributed by atoms with E-state index in [0.717, 1.165) is 54.7 Å². The molecule has 0 unspecified atom stereocenters. The average molecular weight is 588 g/mol. The van der Waals surface area contributed by atoms with Crippen molar-refractivity contribution in [3.8, 4) is 6.07 Å². The molecule has 9 heteroatoms. The summed E-state index contributed by atoms with van der Waals surface area (Å²) in [7, 11) is -3.84. The van der Waals surface area contributed by atoms with Gasteiger partial charge in [-0.25, -0.2) is 13.6 Å². The number of nitrogens with zero attached hydrogens (tertiary/aromatic N) is 4. The quantitative estimate of drug-likeness (QED) is 0.440. The number of hydrogen-bond acceptors (Lipinski definition) is 6. The van der Waals surface area contributed by atoms with Crippen LogP contribution in [0.25, 0.3) is 0 Å². The molecule has 0 bridgehead atoms. The number of hydrogen-bond donors (Lipinski definition) is 1. The van der Waals surface area contributed by atoms with Gasteiger partial charge in [-0.2, -0.15) is 5.26 Å². The first-order valence-corrected chi connectivity index (χ1v) is 15.7. The summed E-state index contributed by atoms with van der Waals surface area (Å²) in [4.78, 5) is 19.9. The SMILES string of the molecule is C.Cc1ccc(C(=O)N2CCN(c3ccccc3S(N)(=O)=O)CC2)c(C)c1CC1CCN(c2ccccc2C#N)CC1. The van der Waals surface area contributed by atoms with E-state index in [-0.39, 0.29) is 18.2 Å². The summed E-state index contributed by atoms with van der Waals surface area (Å²) in [6.07, 6.45) is 3.02. The standard InChI is InChI=1S/C32H37N5O3S.CH4/c1-23-11-12-27(32(38)37-19-17-36(18-20-37)30-9-5-6-10-31(30)41(34,39)40)24(2)28(23)21-25-13-15-35(16-14-25)29-8-4-3-7-26(29)22-33;/h3-12,25H,13-21H2,1-2H3,(H2,34,39,40);1H4. The minimum atomic E-state index is -3.84. The molecule has 8 nitrogen and oxygen atoms in total. The number of nitrogens with two attached hydrogens (primary N) is 1. The van der Waals surface area contributed by atoms with Crippen LogP contribution in [0.5, 0.6) is 0 Å². The molecule has 2 fully saturated rings. The van der Waals surface area contributed by atoms with Gasteiger partial charge in [0.25, 0.3) is 5.91 Å². The van der Waals surface area contributed by atoms with E-state index in [1.54, 1.807) is 18.2 Å². The smallest absolute Gasteiger partial charge is 0.254 e. The van der Waals surface area contributed by atoms with Crippen molar-refractivity contribution in [2.45, 2.75) is 45.4 Å². The summed E-state index contributed by atoms with van der Waals surface area (Å²) in [6, 6.07) is 20.9. The zero-order chi connectivity index (χ0) is 29.1. The largest absolute Gasteiger partial charge is 0.370 e. The van der Waals surface area contributed by atoms with E-state index < -0.39 is 10.0 Å². The Balaban J connectivity index is 0.00000405. The molecule has 1 amide bonds. The molecule has 2 heterocycles. The Morgan fingerprint density at radius 1 is 0.881 bits per heavy atom. The molecular formula is C33H41N5O3S. The Hall–Kier alpha value is -3.87. The van der Waals surface area contributed by atoms with Crippen molar-refractivity contribution in [2.24, 2.45) is 11.1 Å². The fraction of sp³-hybridized carbons (Fsp3) is 0.394. The molecule has 0 atom stereocenters. The van der Waals surface area contributed by atoms with E-state index in [0.29, 0.717) is 37.8 Å². The van der Waals surface area contributed by atoms with Gasteiger partial charge in [-0.15, -0.1) is 0 Å². The minimum Gasteiger partial charge on any atom is -0.370 e. The third-order valence-corrected chi connectivity index (χ3v) is 9.57. The van der Waals surface area contributed by atoms with Gasteiger partial charge in [-0.3, -0.25) is 4.79 Å². The topological polar surface area (TPSA) is 111 Å². The molecule has 3 aromatic carbocycles. The fourth-order valence-corrected chi connectivity index (χ4v) is 6.99. The van der Waals surface area contributed by atoms with Crippen LogP contribution in [0.4, 0.5) is 11.4 Å². The first-order valence-electron chi connectivity index (χ1n) is 14.2. The number of primary sulfonamides is 1. The van der Waals surface area contributed by atoms with Crippen LogP contribution in [0.3, 0.4) is 0 Å². The van der Waals surface area contributed by atoms with Crippen LogP contribution in [-0.4, -0.2) is 58.5 Å². The summed E-state index contributed by atoms with van der Waals surface area (Å²) in [5.41, 5.74) is 6.57. The Labute approximate surface area is 250 Å². The second-order valence-electron chi connectivity index (χ2n) is 11.1. The number of piperazine rings is 1. The van der Waals surface area contributed by atoms with Crippen molar-refractivity contribution in [3.63, 3.8) is 0 Å². The molecule has 2 saturated heterocycles. The third-order valence-electron chi connectivity index (χ3n) is 8.61. The number of carbonyl (C=O) groups is 1. The second-order valence-corrected chi connectivity index (χ2v) is 12.6. The van der Waals surface area contributed by atoms with Crippen LogP contribution in [0, 0.1) is 31.1 Å². The maximum atomic E-state index is 13.7. The summed E-state index contributed by atoms with van der Waals surface area (Å²) in [5, 5.41) is 14.9. The highest BCUT2D eigenvalue weighted by Crippen LogP contribution is 2.31. The number of aryl methyl sites for hydroxylation is 1. The summed E-state index contributed by atoms with van der Waals surface area (Å²) in [5.74, 6) is 0.539. The number of amides is 1. The van der Waals surface area contributed by atoms with Gasteiger partial charge < -0.3 is 14.7 Å². The number of para-hydroxylation sites is 2. The van der Waals surface area contributed by atoms with Crippen LogP contribution in [0.2, 0.25) is 0 Å². The third kappa shape index (κ3) is 6.45. The summed E-state index contributed by atoms with van der Waals surface area (Å²) >= 11 is 0. The number of sulfonamides is 1. The van der Waals surface area contributed by atoms with Crippen molar-refractivity contribution in [1.29, 1.82) is 5.26 Å². The molecule has 3 aromatic rings. The number of anilines is 2. The maximum Gasteiger partial charge on any atom is 0.254 e. The molecule has 0 aliphatic carbocycles. The fourth-order valence-electron chi connectivity index (χ4n) is 6.23. The van der Waals surface area contributed by atoms with E-state index in [2.05, 4.69) is 30.9 Å². The lowest BCUT2D eigenvalue weighted by molar-refractivity contribution is 0.0745. The molecule has 2 aliphatic heterocycles. The lowest BCUT2D eigenvalue weighted by atomic mass is 9.85. The van der Waals surface area contributed by atoms with E-state index in [4.69, 9.17) is 5.14 Å². The number of benzene rings is 3. The van der Waals surface area contributed by atoms with E-state index >= 15 is 0 Å². The van der Waals surface area contributed by atoms with Gasteiger partial charge in [0.2, 0.25) is 10.0 Å². The van der Waals surface area contributed by atoms with Gasteiger partial charge in [-0.1, -0.05) is 37.8 Å². The van der Waals surface area contributed by atoms with Gasteiger partial charge in [0.1, 0.15) is 11.0 Å². The molecule has 2 aliphatic rings. The highest BCUT2D eigenvalue weighted by atomic mass is 32.2. The maximum absolute atomic E-state index is 13.7. The summed E-state index contributed by atoms with van der Waals surface area (Å²) < 4.78 is 24.1. The predicted octanol–water partition coefficient (Wildman–Crippen LogP) is 4.88. The van der Waals surface area contributed by atoms with Crippen molar-refractivity contribution < 1.29 is 13.2 Å². The van der Waals surface area contributed by atoms with Gasteiger partial charge in [0.15, 0.2) is 0 Å². The van der Waals surface area contributed by atoms with Crippen molar-refractivity contribution in [2.75, 3.05) is 49.1 Å². The van der Waals surface area contributed by atoms with Crippen LogP contribution < -0.4 is 14.9 Å². The minimum absolute atomic E-state index is 0. The second kappa shape index (κ2) is 13.0. The molecule has 5 rings (SSSR count). The number of carbonyl (C=O) groups excluding carboxylic acids is 1. The normalized spacial score (nSPS) is 16.1. The Morgan fingerprint density at radius 2 is 1.48 bits per heavy atom. The number of piperidine rings is 1. The predicted molar refractivity (Wildman–Crippen MR) is 168 cm³/mol. The van der Waals surface area contributed by atoms with Gasteiger partial charge in [-0.05, 0) is 86.1 Å². The monoisotopic (exact) mass is 587 g/mol. The van der Waals surface area contributed by atoms with Crippen molar-refractivity contribution in [3.05, 3.63) is 88.5 Å². The molecule has 0 saturated carbocycles. The Bertz CT molecular complexity index is 1580. The first kappa shape index (κ1) is 31.1. The highest BCUT2D eigenvalue weighted by Gasteiger charge is 2.28. The lowest BCUT2D eigenvalue weighted by Gasteiger charge is -2.37. The van der Waals surface area contributed by atoms with E-state index in [1.165, 1.54) is 17.2 Å². The van der Waals surface area contributed by atoms with Crippen LogP contribution in [0.1, 0.15) is 52.9 Å². The Kier molecular flexibility index (Phi) is 9.60. The lowest BCUT2D eigenvalue weighted by Crippen LogP contribution is -2.49. The zero-order valence-corrected chi connectivity index (χ0v) is 24.5. The molecule has 2 N–H and O–H groups in total. The van der Waals surface area contributed by atoms with Crippen molar-refractivity contribution >= 4 is 27.3 Å². The molecule has 222 valence electrons. The van der Waals surface area contributed by atoms with E-state index in [1.807, 2.05) is 40.1 Å². The molecule has 42 heavy (non-hydrogen) atoms. The Morgan fingerprint density at radius 3 is 2.12 bits per heavy atom. The van der Waals surface area contributed by atoms with Crippen LogP contribution in [0.15, 0.2) is 65.6 Å². The van der Waals surface area contributed by atoms with Crippen LogP contribution in [-0.2, 0) is 16.4 Å². The summed E-state index contributed by atoms with van der Waals surface area (Å²) in [6.45, 7) is 8.08. The van der Waals surface area contributed by atoms with Gasteiger partial charge >= 0.3 is 0 Å². The van der Waals surface area contributed by atoms with Crippen LogP contribution >= 0.6 is 0 Å².